The highest BCUT2D eigenvalue weighted by Gasteiger charge is 2.31. The Kier molecular flexibility index (Phi) is 7.22. The van der Waals surface area contributed by atoms with Gasteiger partial charge in [0.2, 0.25) is 5.91 Å². The van der Waals surface area contributed by atoms with Gasteiger partial charge < -0.3 is 10.1 Å². The molecule has 2 amide bonds. The third kappa shape index (κ3) is 4.67. The third-order valence-electron chi connectivity index (χ3n) is 5.94. The van der Waals surface area contributed by atoms with Gasteiger partial charge >= 0.3 is 5.97 Å². The molecule has 0 atom stereocenters. The molecule has 0 fully saturated rings. The molecular formula is C23H27N5O4S2. The Morgan fingerprint density at radius 2 is 2.09 bits per heavy atom. The SMILES string of the molecule is CCN1C(=O)/C(=C\c2cnn(C)c2C)N=C1SCC(=O)Nc1sc2c(c1C(=O)OC)CCCC2. The number of thiophene rings is 1. The molecule has 0 saturated heterocycles. The molecular weight excluding hydrogens is 474 g/mol. The van der Waals surface area contributed by atoms with Crippen LogP contribution in [0.4, 0.5) is 5.00 Å². The fourth-order valence-electron chi connectivity index (χ4n) is 3.99. The smallest absolute Gasteiger partial charge is 0.341 e. The Morgan fingerprint density at radius 3 is 2.76 bits per heavy atom. The van der Waals surface area contributed by atoms with E-state index in [1.807, 2.05) is 20.9 Å². The van der Waals surface area contributed by atoms with Gasteiger partial charge in [0, 0.05) is 29.7 Å². The van der Waals surface area contributed by atoms with Crippen molar-refractivity contribution in [1.82, 2.24) is 14.7 Å². The van der Waals surface area contributed by atoms with Crippen molar-refractivity contribution in [2.45, 2.75) is 39.5 Å². The number of nitrogens with one attached hydrogen (secondary N) is 1. The second-order valence-electron chi connectivity index (χ2n) is 8.03. The number of nitrogens with zero attached hydrogens (tertiary/aromatic N) is 4. The Hall–Kier alpha value is -2.92. The van der Waals surface area contributed by atoms with Gasteiger partial charge in [-0.25, -0.2) is 9.79 Å². The minimum Gasteiger partial charge on any atom is -0.465 e. The molecule has 0 bridgehead atoms. The van der Waals surface area contributed by atoms with E-state index in [2.05, 4.69) is 15.4 Å². The Morgan fingerprint density at radius 1 is 1.32 bits per heavy atom. The number of amides is 2. The zero-order valence-corrected chi connectivity index (χ0v) is 21.3. The van der Waals surface area contributed by atoms with E-state index < -0.39 is 5.97 Å². The van der Waals surface area contributed by atoms with Gasteiger partial charge in [-0.05, 0) is 51.2 Å². The van der Waals surface area contributed by atoms with Crippen LogP contribution in [0.1, 0.15) is 51.8 Å². The zero-order chi connectivity index (χ0) is 24.4. The van der Waals surface area contributed by atoms with E-state index in [-0.39, 0.29) is 17.6 Å². The number of amidine groups is 1. The lowest BCUT2D eigenvalue weighted by atomic mass is 9.95. The summed E-state index contributed by atoms with van der Waals surface area (Å²) in [4.78, 5) is 45.2. The molecule has 11 heteroatoms. The molecule has 2 aliphatic rings. The van der Waals surface area contributed by atoms with Crippen molar-refractivity contribution in [3.63, 3.8) is 0 Å². The summed E-state index contributed by atoms with van der Waals surface area (Å²) >= 11 is 2.64. The second kappa shape index (κ2) is 10.1. The van der Waals surface area contributed by atoms with Crippen molar-refractivity contribution in [2.24, 2.45) is 12.0 Å². The number of ether oxygens (including phenoxy) is 1. The molecule has 9 nitrogen and oxygen atoms in total. The van der Waals surface area contributed by atoms with Crippen LogP contribution in [-0.2, 0) is 34.2 Å². The van der Waals surface area contributed by atoms with Crippen LogP contribution in [0.3, 0.4) is 0 Å². The predicted molar refractivity (Wildman–Crippen MR) is 134 cm³/mol. The van der Waals surface area contributed by atoms with E-state index in [1.165, 1.54) is 30.2 Å². The number of anilines is 1. The minimum absolute atomic E-state index is 0.0605. The molecule has 0 aromatic carbocycles. The Bertz CT molecular complexity index is 1210. The van der Waals surface area contributed by atoms with Gasteiger partial charge in [-0.1, -0.05) is 11.8 Å². The number of aryl methyl sites for hydroxylation is 2. The molecule has 2 aromatic heterocycles. The van der Waals surface area contributed by atoms with Crippen molar-refractivity contribution < 1.29 is 19.1 Å². The maximum absolute atomic E-state index is 12.8. The molecule has 0 spiro atoms. The molecule has 3 heterocycles. The van der Waals surface area contributed by atoms with Gasteiger partial charge in [-0.3, -0.25) is 19.2 Å². The second-order valence-corrected chi connectivity index (χ2v) is 10.1. The number of aliphatic imine (C=N–C) groups is 1. The normalized spacial score (nSPS) is 16.6. The molecule has 0 saturated carbocycles. The van der Waals surface area contributed by atoms with Gasteiger partial charge in [0.05, 0.1) is 24.6 Å². The quantitative estimate of drug-likeness (QED) is 0.481. The number of hydrogen-bond donors (Lipinski definition) is 1. The van der Waals surface area contributed by atoms with E-state index in [0.29, 0.717) is 28.0 Å². The lowest BCUT2D eigenvalue weighted by Gasteiger charge is -2.14. The van der Waals surface area contributed by atoms with E-state index in [0.717, 1.165) is 47.4 Å². The summed E-state index contributed by atoms with van der Waals surface area (Å²) in [5.74, 6) is -0.829. The van der Waals surface area contributed by atoms with Crippen LogP contribution in [-0.4, -0.2) is 57.0 Å². The zero-order valence-electron chi connectivity index (χ0n) is 19.6. The highest BCUT2D eigenvalue weighted by Crippen LogP contribution is 2.38. The monoisotopic (exact) mass is 501 g/mol. The average Bonchev–Trinajstić information content (AvgIpc) is 3.45. The molecule has 34 heavy (non-hydrogen) atoms. The fourth-order valence-corrected chi connectivity index (χ4v) is 6.15. The van der Waals surface area contributed by atoms with Crippen LogP contribution in [0.5, 0.6) is 0 Å². The molecule has 1 N–H and O–H groups in total. The van der Waals surface area contributed by atoms with Gasteiger partial charge in [-0.15, -0.1) is 11.3 Å². The number of methoxy groups -OCH3 is 1. The number of aromatic nitrogens is 2. The average molecular weight is 502 g/mol. The maximum Gasteiger partial charge on any atom is 0.341 e. The Labute approximate surface area is 206 Å². The first-order valence-electron chi connectivity index (χ1n) is 11.1. The van der Waals surface area contributed by atoms with Crippen LogP contribution in [0, 0.1) is 6.92 Å². The number of thioether (sulfide) groups is 1. The number of rotatable bonds is 6. The summed E-state index contributed by atoms with van der Waals surface area (Å²) in [6.45, 7) is 4.23. The molecule has 1 aliphatic heterocycles. The van der Waals surface area contributed by atoms with Crippen molar-refractivity contribution in [1.29, 1.82) is 0 Å². The first kappa shape index (κ1) is 24.2. The van der Waals surface area contributed by atoms with Crippen LogP contribution < -0.4 is 5.32 Å². The summed E-state index contributed by atoms with van der Waals surface area (Å²) < 4.78 is 6.71. The van der Waals surface area contributed by atoms with Crippen molar-refractivity contribution in [2.75, 3.05) is 24.7 Å². The molecule has 4 rings (SSSR count). The topological polar surface area (TPSA) is 106 Å². The molecule has 0 unspecified atom stereocenters. The van der Waals surface area contributed by atoms with Crippen molar-refractivity contribution in [3.8, 4) is 0 Å². The number of likely N-dealkylation sites (N-methyl/N-ethyl adjacent to an activating group) is 1. The number of hydrogen-bond acceptors (Lipinski definition) is 8. The Balaban J connectivity index is 1.48. The highest BCUT2D eigenvalue weighted by atomic mass is 32.2. The largest absolute Gasteiger partial charge is 0.465 e. The summed E-state index contributed by atoms with van der Waals surface area (Å²) in [6.07, 6.45) is 7.24. The standard InChI is InChI=1S/C23H27N5O4S2/c1-5-28-21(30)16(10-14-11-24-27(3)13(14)2)25-23(28)33-12-18(29)26-20-19(22(31)32-4)15-8-6-7-9-17(15)34-20/h10-11H,5-9,12H2,1-4H3,(H,26,29)/b16-10+. The molecule has 0 radical (unpaired) electrons. The van der Waals surface area contributed by atoms with Crippen LogP contribution >= 0.6 is 23.1 Å². The molecule has 180 valence electrons. The number of esters is 1. The number of carbonyl (C=O) groups excluding carboxylic acids is 3. The van der Waals surface area contributed by atoms with E-state index in [9.17, 15) is 14.4 Å². The van der Waals surface area contributed by atoms with Crippen LogP contribution in [0.2, 0.25) is 0 Å². The van der Waals surface area contributed by atoms with Gasteiger partial charge in [0.1, 0.15) is 10.7 Å². The van der Waals surface area contributed by atoms with E-state index in [4.69, 9.17) is 4.74 Å². The van der Waals surface area contributed by atoms with Gasteiger partial charge in [0.15, 0.2) is 5.17 Å². The van der Waals surface area contributed by atoms with Crippen LogP contribution in [0.25, 0.3) is 6.08 Å². The lowest BCUT2D eigenvalue weighted by molar-refractivity contribution is -0.122. The summed E-state index contributed by atoms with van der Waals surface area (Å²) in [5, 5.41) is 8.10. The highest BCUT2D eigenvalue weighted by molar-refractivity contribution is 8.14. The minimum atomic E-state index is -0.425. The number of fused-ring (bicyclic) bond motifs is 1. The van der Waals surface area contributed by atoms with Crippen LogP contribution in [0.15, 0.2) is 16.9 Å². The third-order valence-corrected chi connectivity index (χ3v) is 8.12. The van der Waals surface area contributed by atoms with Gasteiger partial charge in [0.25, 0.3) is 5.91 Å². The van der Waals surface area contributed by atoms with Gasteiger partial charge in [-0.2, -0.15) is 5.10 Å². The maximum atomic E-state index is 12.8. The fraction of sp³-hybridized carbons (Fsp3) is 0.435. The summed E-state index contributed by atoms with van der Waals surface area (Å²) in [5.41, 5.74) is 3.54. The predicted octanol–water partition coefficient (Wildman–Crippen LogP) is 3.39. The number of carbonyl (C=O) groups is 3. The van der Waals surface area contributed by atoms with Crippen molar-refractivity contribution in [3.05, 3.63) is 39.2 Å². The first-order chi connectivity index (χ1) is 16.3. The molecule has 2 aromatic rings. The van der Waals surface area contributed by atoms with Crippen molar-refractivity contribution >= 4 is 57.1 Å². The van der Waals surface area contributed by atoms with E-state index >= 15 is 0 Å². The van der Waals surface area contributed by atoms with E-state index in [1.54, 1.807) is 21.9 Å². The molecule has 1 aliphatic carbocycles. The first-order valence-corrected chi connectivity index (χ1v) is 12.9. The lowest BCUT2D eigenvalue weighted by Crippen LogP contribution is -2.31. The summed E-state index contributed by atoms with van der Waals surface area (Å²) in [6, 6.07) is 0. The summed E-state index contributed by atoms with van der Waals surface area (Å²) in [7, 11) is 3.19.